The molecule has 0 saturated heterocycles. The van der Waals surface area contributed by atoms with E-state index >= 15 is 0 Å². The van der Waals surface area contributed by atoms with E-state index in [-0.39, 0.29) is 24.4 Å². The molecule has 0 atom stereocenters. The number of benzene rings is 2. The number of halogens is 1. The first-order chi connectivity index (χ1) is 13.8. The second kappa shape index (κ2) is 8.49. The van der Waals surface area contributed by atoms with Crippen molar-refractivity contribution in [1.82, 2.24) is 0 Å². The van der Waals surface area contributed by atoms with Gasteiger partial charge in [0.15, 0.2) is 12.4 Å². The molecule has 0 N–H and O–H groups in total. The standard InChI is InChI=1S/C22H19ClO6/c1-12-16-8-9-19(28-11-18(24)14-4-6-15(23)7-5-14)13(2)21(16)29-22(26)17(12)10-20(25)27-3/h4-9H,10-11H2,1-3H3. The van der Waals surface area contributed by atoms with E-state index in [1.807, 2.05) is 0 Å². The number of hydrogen-bond acceptors (Lipinski definition) is 6. The largest absolute Gasteiger partial charge is 0.485 e. The van der Waals surface area contributed by atoms with E-state index in [0.717, 1.165) is 0 Å². The van der Waals surface area contributed by atoms with Crippen molar-refractivity contribution in [2.75, 3.05) is 13.7 Å². The number of ether oxygens (including phenoxy) is 2. The summed E-state index contributed by atoms with van der Waals surface area (Å²) in [6.07, 6.45) is -0.159. The molecule has 0 unspecified atom stereocenters. The van der Waals surface area contributed by atoms with Crippen LogP contribution in [-0.4, -0.2) is 25.5 Å². The molecule has 0 aliphatic rings. The number of rotatable bonds is 6. The number of esters is 1. The Labute approximate surface area is 172 Å². The van der Waals surface area contributed by atoms with E-state index in [9.17, 15) is 14.4 Å². The van der Waals surface area contributed by atoms with Crippen LogP contribution >= 0.6 is 11.6 Å². The van der Waals surface area contributed by atoms with E-state index in [4.69, 9.17) is 20.8 Å². The molecule has 0 amide bonds. The SMILES string of the molecule is COC(=O)Cc1c(C)c2ccc(OCC(=O)c3ccc(Cl)cc3)c(C)c2oc1=O. The molecule has 0 bridgehead atoms. The molecule has 1 heterocycles. The topological polar surface area (TPSA) is 82.8 Å². The van der Waals surface area contributed by atoms with Crippen LogP contribution in [0.5, 0.6) is 5.75 Å². The first-order valence-corrected chi connectivity index (χ1v) is 9.24. The van der Waals surface area contributed by atoms with Crippen LogP contribution in [0.15, 0.2) is 45.6 Å². The second-order valence-electron chi connectivity index (χ2n) is 6.53. The zero-order valence-corrected chi connectivity index (χ0v) is 17.0. The maximum atomic E-state index is 12.4. The summed E-state index contributed by atoms with van der Waals surface area (Å²) in [6, 6.07) is 9.99. The Morgan fingerprint density at radius 2 is 1.72 bits per heavy atom. The monoisotopic (exact) mass is 414 g/mol. The van der Waals surface area contributed by atoms with Crippen LogP contribution in [0.4, 0.5) is 0 Å². The fraction of sp³-hybridized carbons (Fsp3) is 0.227. The summed E-state index contributed by atoms with van der Waals surface area (Å²) in [5.74, 6) is -0.285. The zero-order chi connectivity index (χ0) is 21.1. The number of carbonyl (C=O) groups is 2. The van der Waals surface area contributed by atoms with Gasteiger partial charge in [-0.25, -0.2) is 4.79 Å². The molecule has 0 fully saturated rings. The van der Waals surface area contributed by atoms with Gasteiger partial charge in [0.25, 0.3) is 0 Å². The van der Waals surface area contributed by atoms with Gasteiger partial charge in [0, 0.05) is 21.5 Å². The molecular formula is C22H19ClO6. The van der Waals surface area contributed by atoms with Gasteiger partial charge in [-0.05, 0) is 55.8 Å². The van der Waals surface area contributed by atoms with Gasteiger partial charge in [0.2, 0.25) is 0 Å². The molecule has 0 aliphatic heterocycles. The lowest BCUT2D eigenvalue weighted by atomic mass is 10.0. The summed E-state index contributed by atoms with van der Waals surface area (Å²) in [6.45, 7) is 3.33. The highest BCUT2D eigenvalue weighted by Gasteiger charge is 2.18. The summed E-state index contributed by atoms with van der Waals surface area (Å²) in [4.78, 5) is 36.2. The number of aryl methyl sites for hydroxylation is 2. The Morgan fingerprint density at radius 3 is 2.38 bits per heavy atom. The minimum atomic E-state index is -0.599. The van der Waals surface area contributed by atoms with Crippen LogP contribution < -0.4 is 10.4 Å². The first kappa shape index (κ1) is 20.6. The third-order valence-corrected chi connectivity index (χ3v) is 4.98. The maximum absolute atomic E-state index is 12.4. The average Bonchev–Trinajstić information content (AvgIpc) is 2.71. The first-order valence-electron chi connectivity index (χ1n) is 8.86. The van der Waals surface area contributed by atoms with Crippen molar-refractivity contribution >= 4 is 34.3 Å². The number of hydrogen-bond donors (Lipinski definition) is 0. The Balaban J connectivity index is 1.89. The smallest absolute Gasteiger partial charge is 0.340 e. The van der Waals surface area contributed by atoms with Gasteiger partial charge in [-0.2, -0.15) is 0 Å². The molecule has 3 aromatic rings. The number of methoxy groups -OCH3 is 1. The molecule has 3 rings (SSSR count). The summed E-state index contributed by atoms with van der Waals surface area (Å²) in [5.41, 5.74) is 1.75. The van der Waals surface area contributed by atoms with Crippen LogP contribution in [-0.2, 0) is 16.0 Å². The molecule has 2 aromatic carbocycles. The molecule has 0 radical (unpaired) electrons. The van der Waals surface area contributed by atoms with E-state index in [2.05, 4.69) is 4.74 Å². The normalized spacial score (nSPS) is 10.8. The quantitative estimate of drug-likeness (QED) is 0.344. The Bertz CT molecular complexity index is 1140. The third-order valence-electron chi connectivity index (χ3n) is 4.73. The van der Waals surface area contributed by atoms with Crippen LogP contribution in [0.3, 0.4) is 0 Å². The zero-order valence-electron chi connectivity index (χ0n) is 16.2. The minimum Gasteiger partial charge on any atom is -0.485 e. The molecular weight excluding hydrogens is 396 g/mol. The van der Waals surface area contributed by atoms with Gasteiger partial charge in [-0.1, -0.05) is 11.6 Å². The predicted molar refractivity (Wildman–Crippen MR) is 109 cm³/mol. The van der Waals surface area contributed by atoms with Crippen molar-refractivity contribution in [3.8, 4) is 5.75 Å². The maximum Gasteiger partial charge on any atom is 0.340 e. The summed E-state index contributed by atoms with van der Waals surface area (Å²) < 4.78 is 15.8. The van der Waals surface area contributed by atoms with Crippen molar-refractivity contribution in [3.05, 3.63) is 74.1 Å². The van der Waals surface area contributed by atoms with Gasteiger partial charge < -0.3 is 13.9 Å². The van der Waals surface area contributed by atoms with E-state index in [1.165, 1.54) is 7.11 Å². The molecule has 29 heavy (non-hydrogen) atoms. The highest BCUT2D eigenvalue weighted by atomic mass is 35.5. The predicted octanol–water partition coefficient (Wildman–Crippen LogP) is 4.04. The molecule has 0 aliphatic carbocycles. The van der Waals surface area contributed by atoms with Crippen molar-refractivity contribution in [2.24, 2.45) is 0 Å². The number of fused-ring (bicyclic) bond motifs is 1. The van der Waals surface area contributed by atoms with Crippen molar-refractivity contribution < 1.29 is 23.5 Å². The van der Waals surface area contributed by atoms with Crippen LogP contribution in [0.1, 0.15) is 27.0 Å². The molecule has 1 aromatic heterocycles. The van der Waals surface area contributed by atoms with Gasteiger partial charge >= 0.3 is 11.6 Å². The summed E-state index contributed by atoms with van der Waals surface area (Å²) >= 11 is 5.83. The lowest BCUT2D eigenvalue weighted by Gasteiger charge is -2.13. The molecule has 6 nitrogen and oxygen atoms in total. The third kappa shape index (κ3) is 4.32. The number of carbonyl (C=O) groups excluding carboxylic acids is 2. The van der Waals surface area contributed by atoms with E-state index in [1.54, 1.807) is 50.2 Å². The second-order valence-corrected chi connectivity index (χ2v) is 6.97. The van der Waals surface area contributed by atoms with Crippen molar-refractivity contribution in [1.29, 1.82) is 0 Å². The Kier molecular flexibility index (Phi) is 6.03. The highest BCUT2D eigenvalue weighted by molar-refractivity contribution is 6.30. The average molecular weight is 415 g/mol. The van der Waals surface area contributed by atoms with Crippen molar-refractivity contribution in [2.45, 2.75) is 20.3 Å². The summed E-state index contributed by atoms with van der Waals surface area (Å²) in [7, 11) is 1.26. The van der Waals surface area contributed by atoms with Crippen LogP contribution in [0, 0.1) is 13.8 Å². The lowest BCUT2D eigenvalue weighted by Crippen LogP contribution is -2.16. The molecule has 7 heteroatoms. The van der Waals surface area contributed by atoms with Gasteiger partial charge in [0.1, 0.15) is 11.3 Å². The van der Waals surface area contributed by atoms with E-state index in [0.29, 0.717) is 38.4 Å². The molecule has 0 spiro atoms. The van der Waals surface area contributed by atoms with Gasteiger partial charge in [-0.15, -0.1) is 0 Å². The van der Waals surface area contributed by atoms with E-state index < -0.39 is 11.6 Å². The fourth-order valence-electron chi connectivity index (χ4n) is 3.01. The number of Topliss-reactive ketones (excluding diaryl/α,β-unsaturated/α-hetero) is 1. The lowest BCUT2D eigenvalue weighted by molar-refractivity contribution is -0.139. The molecule has 0 saturated carbocycles. The van der Waals surface area contributed by atoms with Crippen LogP contribution in [0.2, 0.25) is 5.02 Å². The minimum absolute atomic E-state index is 0.159. The van der Waals surface area contributed by atoms with Crippen molar-refractivity contribution in [3.63, 3.8) is 0 Å². The Hall–Kier alpha value is -3.12. The Morgan fingerprint density at radius 1 is 1.03 bits per heavy atom. The van der Waals surface area contributed by atoms with Gasteiger partial charge in [0.05, 0.1) is 19.1 Å². The highest BCUT2D eigenvalue weighted by Crippen LogP contribution is 2.29. The fourth-order valence-corrected chi connectivity index (χ4v) is 3.14. The van der Waals surface area contributed by atoms with Crippen LogP contribution in [0.25, 0.3) is 11.0 Å². The van der Waals surface area contributed by atoms with Gasteiger partial charge in [-0.3, -0.25) is 9.59 Å². The molecule has 150 valence electrons. The number of ketones is 1. The summed E-state index contributed by atoms with van der Waals surface area (Å²) in [5, 5.41) is 1.24.